The fraction of sp³-hybridized carbons (Fsp3) is 0.592. The third-order valence-electron chi connectivity index (χ3n) is 14.4. The highest BCUT2D eigenvalue weighted by Gasteiger charge is 2.54. The summed E-state index contributed by atoms with van der Waals surface area (Å²) in [5.41, 5.74) is 40.7. The molecule has 416 valence electrons. The van der Waals surface area contributed by atoms with Gasteiger partial charge in [0.2, 0.25) is 0 Å². The van der Waals surface area contributed by atoms with Crippen molar-refractivity contribution in [1.82, 2.24) is 25.6 Å². The molecule has 4 fully saturated rings. The molecule has 1 saturated carbocycles. The van der Waals surface area contributed by atoms with Crippen LogP contribution in [0.4, 0.5) is 5.82 Å². The quantitative estimate of drug-likeness (QED) is 0.0166. The maximum Gasteiger partial charge on any atom is 0.187 e. The highest BCUT2D eigenvalue weighted by Crippen LogP contribution is 2.37. The van der Waals surface area contributed by atoms with Crippen LogP contribution in [0.25, 0.3) is 43.7 Å². The van der Waals surface area contributed by atoms with Crippen molar-refractivity contribution in [2.45, 2.75) is 129 Å². The number of hydrogen-bond donors (Lipinski definition) is 15. The SMILES string of the molecule is COc1ccc2c(ccc3nc4c(NCCCNC(=S)NCCSC[C@H]5O[C@@H](O[C@@H]6[C@@H](O)[C@H](N)C[C@H](N)[C@H]6O[C@H]6O[C@H](CN)[C@@H](O)[C@H](O)[C@H]6N)[C@H](O)[C@@H]5O[C@H]5O[C@@H](CN)[C@@H](O)[C@H](O)[C@H]5N)nc5ccccc5c4nc32)c1. The zero-order valence-electron chi connectivity index (χ0n) is 41.7. The Kier molecular flexibility index (Phi) is 18.5. The monoisotopic (exact) mass is 1100 g/mol. The number of para-hydroxylation sites is 1. The smallest absolute Gasteiger partial charge is 0.187 e. The molecule has 0 spiro atoms. The Hall–Kier alpha value is -4.15. The molecule has 0 unspecified atom stereocenters. The number of methoxy groups -OCH3 is 1. The molecule has 0 bridgehead atoms. The van der Waals surface area contributed by atoms with E-state index in [2.05, 4.69) is 16.0 Å². The average molecular weight is 1100 g/mol. The van der Waals surface area contributed by atoms with Crippen LogP contribution in [-0.2, 0) is 28.4 Å². The van der Waals surface area contributed by atoms with Crippen molar-refractivity contribution >= 4 is 78.7 Å². The molecule has 3 saturated heterocycles. The minimum absolute atomic E-state index is 0.0843. The molecule has 2 aromatic heterocycles. The van der Waals surface area contributed by atoms with E-state index >= 15 is 0 Å². The van der Waals surface area contributed by atoms with E-state index in [0.717, 1.165) is 44.0 Å². The number of fused-ring (bicyclic) bond motifs is 6. The van der Waals surface area contributed by atoms with Gasteiger partial charge in [-0.15, -0.1) is 0 Å². The molecule has 0 radical (unpaired) electrons. The molecule has 0 amide bonds. The highest BCUT2D eigenvalue weighted by molar-refractivity contribution is 7.99. The van der Waals surface area contributed by atoms with Crippen LogP contribution in [0, 0.1) is 0 Å². The number of pyridine rings is 1. The van der Waals surface area contributed by atoms with Crippen LogP contribution in [-0.4, -0.2) is 218 Å². The highest BCUT2D eigenvalue weighted by atomic mass is 32.2. The van der Waals surface area contributed by atoms with Crippen molar-refractivity contribution in [1.29, 1.82) is 0 Å². The average Bonchev–Trinajstić information content (AvgIpc) is 3.73. The van der Waals surface area contributed by atoms with Gasteiger partial charge >= 0.3 is 0 Å². The summed E-state index contributed by atoms with van der Waals surface area (Å²) in [4.78, 5) is 15.1. The van der Waals surface area contributed by atoms with Crippen LogP contribution >= 0.6 is 24.0 Å². The Morgan fingerprint density at radius 3 is 2.00 bits per heavy atom. The molecule has 5 heterocycles. The molecule has 1 aliphatic carbocycles. The van der Waals surface area contributed by atoms with Crippen molar-refractivity contribution < 1.29 is 63.8 Å². The van der Waals surface area contributed by atoms with Crippen molar-refractivity contribution in [3.63, 3.8) is 0 Å². The van der Waals surface area contributed by atoms with E-state index in [1.54, 1.807) is 7.11 Å². The van der Waals surface area contributed by atoms with Gasteiger partial charge in [-0.1, -0.05) is 24.3 Å². The van der Waals surface area contributed by atoms with Crippen LogP contribution in [0.1, 0.15) is 12.8 Å². The van der Waals surface area contributed by atoms with Gasteiger partial charge in [-0.3, -0.25) is 0 Å². The summed E-state index contributed by atoms with van der Waals surface area (Å²) in [7, 11) is 1.64. The number of ether oxygens (including phenoxy) is 7. The lowest BCUT2D eigenvalue weighted by molar-refractivity contribution is -0.306. The van der Waals surface area contributed by atoms with Crippen LogP contribution in [0.15, 0.2) is 54.6 Å². The number of rotatable bonds is 19. The first-order chi connectivity index (χ1) is 36.6. The number of aliphatic hydroxyl groups excluding tert-OH is 6. The van der Waals surface area contributed by atoms with Gasteiger partial charge in [-0.05, 0) is 60.8 Å². The van der Waals surface area contributed by atoms with E-state index in [-0.39, 0.29) is 25.3 Å². The number of aromatic nitrogens is 3. The molecular formula is C49H70N12O13S2. The number of thioether (sulfide) groups is 1. The summed E-state index contributed by atoms with van der Waals surface area (Å²) in [6.45, 7) is 1.23. The summed E-state index contributed by atoms with van der Waals surface area (Å²) >= 11 is 7.04. The first kappa shape index (κ1) is 56.6. The lowest BCUT2D eigenvalue weighted by Crippen LogP contribution is -2.68. The van der Waals surface area contributed by atoms with Crippen molar-refractivity contribution in [3.8, 4) is 5.75 Å². The molecule has 27 heteroatoms. The fourth-order valence-electron chi connectivity index (χ4n) is 10.1. The van der Waals surface area contributed by atoms with Crippen molar-refractivity contribution in [3.05, 3.63) is 54.6 Å². The lowest BCUT2D eigenvalue weighted by Gasteiger charge is -2.47. The zero-order chi connectivity index (χ0) is 53.9. The number of aliphatic hydroxyl groups is 6. The maximum absolute atomic E-state index is 11.9. The zero-order valence-corrected chi connectivity index (χ0v) is 43.3. The van der Waals surface area contributed by atoms with Gasteiger partial charge in [0.1, 0.15) is 77.8 Å². The van der Waals surface area contributed by atoms with Gasteiger partial charge in [0.15, 0.2) is 29.8 Å². The van der Waals surface area contributed by atoms with E-state index in [1.165, 1.54) is 11.8 Å². The Labute approximate surface area is 446 Å². The second kappa shape index (κ2) is 24.9. The van der Waals surface area contributed by atoms with Crippen molar-refractivity contribution in [2.24, 2.45) is 34.4 Å². The normalized spacial score (nSPS) is 35.0. The molecular weight excluding hydrogens is 1030 g/mol. The van der Waals surface area contributed by atoms with Gasteiger partial charge in [-0.25, -0.2) is 15.0 Å². The predicted octanol–water partition coefficient (Wildman–Crippen LogP) is -3.38. The summed E-state index contributed by atoms with van der Waals surface area (Å²) in [6, 6.07) is 13.5. The maximum atomic E-state index is 11.9. The number of thiocarbonyl (C=S) groups is 1. The number of nitrogens with one attached hydrogen (secondary N) is 3. The van der Waals surface area contributed by atoms with E-state index in [9.17, 15) is 30.6 Å². The van der Waals surface area contributed by atoms with Gasteiger partial charge in [0, 0.05) is 67.1 Å². The Morgan fingerprint density at radius 1 is 0.645 bits per heavy atom. The van der Waals surface area contributed by atoms with Gasteiger partial charge in [-0.2, -0.15) is 11.8 Å². The van der Waals surface area contributed by atoms with Gasteiger partial charge in [0.25, 0.3) is 0 Å². The van der Waals surface area contributed by atoms with E-state index in [0.29, 0.717) is 48.3 Å². The molecule has 25 nitrogen and oxygen atoms in total. The third-order valence-corrected chi connectivity index (χ3v) is 15.8. The van der Waals surface area contributed by atoms with E-state index in [4.69, 9.17) is 94.7 Å². The Morgan fingerprint density at radius 2 is 1.30 bits per heavy atom. The summed E-state index contributed by atoms with van der Waals surface area (Å²) < 4.78 is 42.2. The number of anilines is 1. The van der Waals surface area contributed by atoms with E-state index in [1.807, 2.05) is 54.6 Å². The first-order valence-electron chi connectivity index (χ1n) is 25.3. The van der Waals surface area contributed by atoms with E-state index < -0.39 is 116 Å². The number of hydrogen-bond acceptors (Lipinski definition) is 25. The van der Waals surface area contributed by atoms with Crippen LogP contribution < -0.4 is 55.1 Å². The molecule has 21 N–H and O–H groups in total. The molecule has 9 rings (SSSR count). The third kappa shape index (κ3) is 11.9. The minimum atomic E-state index is -1.56. The number of nitrogens with zero attached hydrogens (tertiary/aromatic N) is 3. The summed E-state index contributed by atoms with van der Waals surface area (Å²) in [6.07, 6.45) is -18.8. The number of nitrogens with two attached hydrogens (primary N) is 6. The van der Waals surface area contributed by atoms with Crippen LogP contribution in [0.5, 0.6) is 5.75 Å². The summed E-state index contributed by atoms with van der Waals surface area (Å²) in [5.74, 6) is 2.14. The first-order valence-corrected chi connectivity index (χ1v) is 26.9. The molecule has 4 aliphatic rings. The molecule has 3 aliphatic heterocycles. The Bertz CT molecular complexity index is 2780. The predicted molar refractivity (Wildman–Crippen MR) is 287 cm³/mol. The Balaban J connectivity index is 0.800. The van der Waals surface area contributed by atoms with Gasteiger partial charge in [0.05, 0.1) is 48.0 Å². The molecule has 5 aromatic rings. The summed E-state index contributed by atoms with van der Waals surface area (Å²) in [5, 5.41) is 78.9. The molecule has 3 aromatic carbocycles. The topological polar surface area (TPSA) is 417 Å². The van der Waals surface area contributed by atoms with Crippen molar-refractivity contribution in [2.75, 3.05) is 56.7 Å². The molecule has 76 heavy (non-hydrogen) atoms. The van der Waals surface area contributed by atoms with Crippen LogP contribution in [0.3, 0.4) is 0 Å². The minimum Gasteiger partial charge on any atom is -0.497 e. The standard InChI is InChI=1S/C49H70N12O13S2/c1-68-21-8-9-22-20(15-21)7-10-27-33(22)61-34-23-5-2-3-6-26(23)60-45(35(34)59-27)56-11-4-12-57-49(75)58-13-14-76-19-30-43(73-47-32(55)40(66)38(64)29(18-51)70-47)41(67)48(71-30)74-44-36(62)24(52)16-25(53)42(44)72-46-31(54)39(65)37(63)28(17-50)69-46/h2-3,5-10,15,24-25,28-32,36-44,46-48,62-67H,4,11-14,16-19,50-55H2,1H3,(H,56,60)(H2,57,58,75)/t24-,25+,28-,29+,30-,31-,32-,36+,37-,38-,39-,40-,41-,42-,43-,44-,46-,47-,48+/m1/s1. The lowest BCUT2D eigenvalue weighted by atomic mass is 9.84. The van der Waals surface area contributed by atoms with Crippen LogP contribution in [0.2, 0.25) is 0 Å². The fourth-order valence-corrected chi connectivity index (χ4v) is 11.2. The van der Waals surface area contributed by atoms with Gasteiger partial charge < -0.3 is 114 Å². The second-order valence-electron chi connectivity index (χ2n) is 19.5. The number of benzene rings is 3. The largest absolute Gasteiger partial charge is 0.497 e. The molecule has 19 atom stereocenters. The second-order valence-corrected chi connectivity index (χ2v) is 21.1.